The fraction of sp³-hybridized carbons (Fsp3) is 0.600. The lowest BCUT2D eigenvalue weighted by atomic mass is 9.95. The van der Waals surface area contributed by atoms with E-state index >= 15 is 0 Å². The fourth-order valence-corrected chi connectivity index (χ4v) is 2.62. The first kappa shape index (κ1) is 13.1. The molecule has 98 valence electrons. The smallest absolute Gasteiger partial charge is 0.223 e. The summed E-state index contributed by atoms with van der Waals surface area (Å²) in [5, 5.41) is 0. The van der Waals surface area contributed by atoms with Gasteiger partial charge in [0.25, 0.3) is 0 Å². The molecule has 18 heavy (non-hydrogen) atoms. The number of likely N-dealkylation sites (tertiary alicyclic amines) is 1. The van der Waals surface area contributed by atoms with Crippen molar-refractivity contribution in [3.05, 3.63) is 30.1 Å². The number of carbonyl (C=O) groups is 1. The van der Waals surface area contributed by atoms with Crippen LogP contribution >= 0.6 is 0 Å². The molecule has 2 heterocycles. The molecule has 1 aliphatic rings. The molecule has 0 spiro atoms. The Bertz CT molecular complexity index is 389. The first-order chi connectivity index (χ1) is 8.68. The van der Waals surface area contributed by atoms with Crippen molar-refractivity contribution in [2.24, 2.45) is 5.92 Å². The van der Waals surface area contributed by atoms with Crippen molar-refractivity contribution in [3.63, 3.8) is 0 Å². The topological polar surface area (TPSA) is 33.2 Å². The number of hydrogen-bond donors (Lipinski definition) is 0. The van der Waals surface area contributed by atoms with Crippen molar-refractivity contribution >= 4 is 5.91 Å². The van der Waals surface area contributed by atoms with Crippen LogP contribution in [-0.4, -0.2) is 22.3 Å². The fourth-order valence-electron chi connectivity index (χ4n) is 2.62. The van der Waals surface area contributed by atoms with Gasteiger partial charge in [0.05, 0.1) is 6.04 Å². The van der Waals surface area contributed by atoms with Crippen LogP contribution in [-0.2, 0) is 4.79 Å². The van der Waals surface area contributed by atoms with E-state index in [4.69, 9.17) is 0 Å². The summed E-state index contributed by atoms with van der Waals surface area (Å²) < 4.78 is 0. The van der Waals surface area contributed by atoms with Crippen LogP contribution in [0.15, 0.2) is 24.5 Å². The third kappa shape index (κ3) is 3.09. The normalized spacial score (nSPS) is 20.2. The lowest BCUT2D eigenvalue weighted by Gasteiger charge is -2.36. The lowest BCUT2D eigenvalue weighted by molar-refractivity contribution is -0.135. The van der Waals surface area contributed by atoms with Crippen molar-refractivity contribution in [3.8, 4) is 0 Å². The second-order valence-corrected chi connectivity index (χ2v) is 5.48. The molecule has 0 unspecified atom stereocenters. The molecule has 0 N–H and O–H groups in total. The number of nitrogens with zero attached hydrogens (tertiary/aromatic N) is 2. The van der Waals surface area contributed by atoms with Crippen LogP contribution in [0.2, 0.25) is 0 Å². The molecular formula is C15H22N2O. The van der Waals surface area contributed by atoms with Crippen LogP contribution < -0.4 is 0 Å². The highest BCUT2D eigenvalue weighted by molar-refractivity contribution is 5.77. The third-order valence-electron chi connectivity index (χ3n) is 3.48. The van der Waals surface area contributed by atoms with Gasteiger partial charge >= 0.3 is 0 Å². The van der Waals surface area contributed by atoms with Crippen LogP contribution in [0, 0.1) is 5.92 Å². The van der Waals surface area contributed by atoms with Gasteiger partial charge in [0.2, 0.25) is 5.91 Å². The van der Waals surface area contributed by atoms with Gasteiger partial charge in [-0.2, -0.15) is 0 Å². The molecule has 1 atom stereocenters. The summed E-state index contributed by atoms with van der Waals surface area (Å²) in [6, 6.07) is 4.27. The number of amides is 1. The van der Waals surface area contributed by atoms with Gasteiger partial charge in [-0.25, -0.2) is 0 Å². The Morgan fingerprint density at radius 2 is 2.33 bits per heavy atom. The summed E-state index contributed by atoms with van der Waals surface area (Å²) in [6.07, 6.45) is 7.72. The molecule has 0 bridgehead atoms. The Labute approximate surface area is 109 Å². The number of rotatable bonds is 3. The number of pyridine rings is 1. The molecule has 1 aromatic heterocycles. The SMILES string of the molecule is CC(C)CC(=O)N1CCCC[C@H]1c1cccnc1. The molecule has 1 saturated heterocycles. The first-order valence-corrected chi connectivity index (χ1v) is 6.88. The Morgan fingerprint density at radius 1 is 1.50 bits per heavy atom. The van der Waals surface area contributed by atoms with E-state index in [2.05, 4.69) is 29.8 Å². The van der Waals surface area contributed by atoms with E-state index in [0.29, 0.717) is 18.2 Å². The van der Waals surface area contributed by atoms with E-state index in [0.717, 1.165) is 19.4 Å². The number of aromatic nitrogens is 1. The summed E-state index contributed by atoms with van der Waals surface area (Å²) in [4.78, 5) is 18.5. The van der Waals surface area contributed by atoms with E-state index in [9.17, 15) is 4.79 Å². The molecule has 0 saturated carbocycles. The average Bonchev–Trinajstić information content (AvgIpc) is 2.39. The molecule has 0 aliphatic carbocycles. The minimum atomic E-state index is 0.235. The van der Waals surface area contributed by atoms with Gasteiger partial charge in [-0.05, 0) is 36.8 Å². The van der Waals surface area contributed by atoms with Gasteiger partial charge in [0.15, 0.2) is 0 Å². The largest absolute Gasteiger partial charge is 0.336 e. The Kier molecular flexibility index (Phi) is 4.34. The summed E-state index contributed by atoms with van der Waals surface area (Å²) in [6.45, 7) is 5.09. The second kappa shape index (κ2) is 5.98. The van der Waals surface area contributed by atoms with Crippen LogP contribution in [0.3, 0.4) is 0 Å². The van der Waals surface area contributed by atoms with Crippen molar-refractivity contribution < 1.29 is 4.79 Å². The summed E-state index contributed by atoms with van der Waals surface area (Å²) in [5.41, 5.74) is 1.18. The Morgan fingerprint density at radius 3 is 3.00 bits per heavy atom. The van der Waals surface area contributed by atoms with Crippen molar-refractivity contribution in [1.29, 1.82) is 0 Å². The highest BCUT2D eigenvalue weighted by atomic mass is 16.2. The monoisotopic (exact) mass is 246 g/mol. The molecule has 0 radical (unpaired) electrons. The number of hydrogen-bond acceptors (Lipinski definition) is 2. The molecule has 3 nitrogen and oxygen atoms in total. The van der Waals surface area contributed by atoms with Gasteiger partial charge in [0, 0.05) is 25.4 Å². The highest BCUT2D eigenvalue weighted by Crippen LogP contribution is 2.31. The zero-order valence-electron chi connectivity index (χ0n) is 11.3. The summed E-state index contributed by atoms with van der Waals surface area (Å²) in [7, 11) is 0. The molecule has 3 heteroatoms. The maximum Gasteiger partial charge on any atom is 0.223 e. The van der Waals surface area contributed by atoms with Crippen LogP contribution in [0.5, 0.6) is 0 Å². The average molecular weight is 246 g/mol. The Balaban J connectivity index is 2.13. The third-order valence-corrected chi connectivity index (χ3v) is 3.48. The molecule has 1 fully saturated rings. The minimum Gasteiger partial charge on any atom is -0.336 e. The predicted octanol–water partition coefficient (Wildman–Crippen LogP) is 3.18. The molecule has 1 amide bonds. The van der Waals surface area contributed by atoms with Crippen LogP contribution in [0.1, 0.15) is 51.1 Å². The maximum absolute atomic E-state index is 12.3. The van der Waals surface area contributed by atoms with Gasteiger partial charge in [-0.3, -0.25) is 9.78 Å². The molecule has 1 aromatic rings. The van der Waals surface area contributed by atoms with Gasteiger partial charge < -0.3 is 4.90 Å². The predicted molar refractivity (Wildman–Crippen MR) is 72.0 cm³/mol. The summed E-state index contributed by atoms with van der Waals surface area (Å²) >= 11 is 0. The van der Waals surface area contributed by atoms with Crippen molar-refractivity contribution in [2.45, 2.75) is 45.6 Å². The first-order valence-electron chi connectivity index (χ1n) is 6.88. The quantitative estimate of drug-likeness (QED) is 0.820. The molecular weight excluding hydrogens is 224 g/mol. The van der Waals surface area contributed by atoms with E-state index in [1.165, 1.54) is 12.0 Å². The van der Waals surface area contributed by atoms with Gasteiger partial charge in [-0.1, -0.05) is 19.9 Å². The number of carbonyl (C=O) groups excluding carboxylic acids is 1. The molecule has 2 rings (SSSR count). The van der Waals surface area contributed by atoms with Crippen LogP contribution in [0.25, 0.3) is 0 Å². The van der Waals surface area contributed by atoms with Crippen molar-refractivity contribution in [2.75, 3.05) is 6.54 Å². The Hall–Kier alpha value is -1.38. The zero-order chi connectivity index (χ0) is 13.0. The van der Waals surface area contributed by atoms with E-state index in [1.54, 1.807) is 6.20 Å². The summed E-state index contributed by atoms with van der Waals surface area (Å²) in [5.74, 6) is 0.715. The van der Waals surface area contributed by atoms with Crippen LogP contribution in [0.4, 0.5) is 0 Å². The van der Waals surface area contributed by atoms with Gasteiger partial charge in [0.1, 0.15) is 0 Å². The number of piperidine rings is 1. The van der Waals surface area contributed by atoms with Crippen molar-refractivity contribution in [1.82, 2.24) is 9.88 Å². The zero-order valence-corrected chi connectivity index (χ0v) is 11.3. The van der Waals surface area contributed by atoms with E-state index in [1.807, 2.05) is 12.3 Å². The second-order valence-electron chi connectivity index (χ2n) is 5.48. The standard InChI is InChI=1S/C15H22N2O/c1-12(2)10-15(18)17-9-4-3-7-14(17)13-6-5-8-16-11-13/h5-6,8,11-12,14H,3-4,7,9-10H2,1-2H3/t14-/m0/s1. The maximum atomic E-state index is 12.3. The highest BCUT2D eigenvalue weighted by Gasteiger charge is 2.27. The van der Waals surface area contributed by atoms with E-state index in [-0.39, 0.29) is 6.04 Å². The lowest BCUT2D eigenvalue weighted by Crippen LogP contribution is -2.39. The van der Waals surface area contributed by atoms with Gasteiger partial charge in [-0.15, -0.1) is 0 Å². The minimum absolute atomic E-state index is 0.235. The van der Waals surface area contributed by atoms with E-state index < -0.39 is 0 Å². The molecule has 0 aromatic carbocycles. The molecule has 1 aliphatic heterocycles.